The number of aryl methyl sites for hydroxylation is 1. The number of hydrogen-bond acceptors (Lipinski definition) is 6. The van der Waals surface area contributed by atoms with Crippen molar-refractivity contribution in [2.45, 2.75) is 12.1 Å². The molecular weight excluding hydrogens is 460 g/mol. The van der Waals surface area contributed by atoms with E-state index in [1.165, 1.54) is 11.8 Å². The number of amides is 1. The minimum absolute atomic E-state index is 0.141. The number of aromatic nitrogens is 3. The van der Waals surface area contributed by atoms with Crippen molar-refractivity contribution in [1.82, 2.24) is 14.8 Å². The first-order valence-electron chi connectivity index (χ1n) is 10.2. The summed E-state index contributed by atoms with van der Waals surface area (Å²) in [6.45, 7) is 2.19. The SMILES string of the molecule is Cc1ccc(-n2c(SCC(=O)Nc3ccccc3Cl)nnc2-c2cccc3c2OCO3)cc1. The van der Waals surface area contributed by atoms with Crippen molar-refractivity contribution < 1.29 is 14.3 Å². The number of carbonyl (C=O) groups excluding carboxylic acids is 1. The highest BCUT2D eigenvalue weighted by Gasteiger charge is 2.24. The molecule has 0 saturated heterocycles. The van der Waals surface area contributed by atoms with Crippen molar-refractivity contribution in [3.05, 3.63) is 77.3 Å². The number of nitrogens with zero attached hydrogens (tertiary/aromatic N) is 3. The number of benzene rings is 3. The molecule has 9 heteroatoms. The number of fused-ring (bicyclic) bond motifs is 1. The zero-order valence-corrected chi connectivity index (χ0v) is 19.2. The first kappa shape index (κ1) is 21.4. The number of hydrogen-bond donors (Lipinski definition) is 1. The Kier molecular flexibility index (Phi) is 5.93. The topological polar surface area (TPSA) is 78.3 Å². The Bertz CT molecular complexity index is 1320. The van der Waals surface area contributed by atoms with Gasteiger partial charge in [0.15, 0.2) is 22.5 Å². The van der Waals surface area contributed by atoms with E-state index in [1.807, 2.05) is 66.1 Å². The largest absolute Gasteiger partial charge is 0.454 e. The van der Waals surface area contributed by atoms with Gasteiger partial charge in [0.25, 0.3) is 0 Å². The maximum absolute atomic E-state index is 12.6. The third-order valence-corrected chi connectivity index (χ3v) is 6.30. The van der Waals surface area contributed by atoms with Gasteiger partial charge in [0.1, 0.15) is 0 Å². The van der Waals surface area contributed by atoms with E-state index < -0.39 is 0 Å². The van der Waals surface area contributed by atoms with Gasteiger partial charge in [-0.3, -0.25) is 9.36 Å². The van der Waals surface area contributed by atoms with Crippen molar-refractivity contribution in [2.24, 2.45) is 0 Å². The van der Waals surface area contributed by atoms with Gasteiger partial charge in [-0.1, -0.05) is 59.3 Å². The molecule has 0 bridgehead atoms. The van der Waals surface area contributed by atoms with Crippen LogP contribution in [0.5, 0.6) is 11.5 Å². The average Bonchev–Trinajstić information content (AvgIpc) is 3.47. The monoisotopic (exact) mass is 478 g/mol. The molecule has 1 aliphatic heterocycles. The smallest absolute Gasteiger partial charge is 0.234 e. The molecule has 0 aliphatic carbocycles. The molecule has 0 fully saturated rings. The molecule has 5 rings (SSSR count). The number of ether oxygens (including phenoxy) is 2. The number of carbonyl (C=O) groups is 1. The van der Waals surface area contributed by atoms with E-state index >= 15 is 0 Å². The van der Waals surface area contributed by atoms with Crippen molar-refractivity contribution in [2.75, 3.05) is 17.9 Å². The van der Waals surface area contributed by atoms with E-state index in [2.05, 4.69) is 15.5 Å². The van der Waals surface area contributed by atoms with Gasteiger partial charge >= 0.3 is 0 Å². The summed E-state index contributed by atoms with van der Waals surface area (Å²) in [7, 11) is 0. The summed E-state index contributed by atoms with van der Waals surface area (Å²) < 4.78 is 13.1. The lowest BCUT2D eigenvalue weighted by Gasteiger charge is -2.12. The van der Waals surface area contributed by atoms with Crippen LogP contribution in [0.2, 0.25) is 5.02 Å². The summed E-state index contributed by atoms with van der Waals surface area (Å²) in [6, 6.07) is 20.8. The Morgan fingerprint density at radius 2 is 1.88 bits per heavy atom. The van der Waals surface area contributed by atoms with Crippen LogP contribution in [0.4, 0.5) is 5.69 Å². The molecule has 0 spiro atoms. The normalized spacial score (nSPS) is 12.1. The van der Waals surface area contributed by atoms with Crippen LogP contribution in [0.25, 0.3) is 17.1 Å². The highest BCUT2D eigenvalue weighted by molar-refractivity contribution is 7.99. The molecule has 3 aromatic carbocycles. The number of nitrogens with one attached hydrogen (secondary N) is 1. The molecular formula is C24H19ClN4O3S. The minimum atomic E-state index is -0.189. The number of thioether (sulfide) groups is 1. The molecule has 0 saturated carbocycles. The van der Waals surface area contributed by atoms with Gasteiger partial charge in [-0.15, -0.1) is 10.2 Å². The van der Waals surface area contributed by atoms with Crippen molar-refractivity contribution >= 4 is 35.0 Å². The van der Waals surface area contributed by atoms with Gasteiger partial charge < -0.3 is 14.8 Å². The summed E-state index contributed by atoms with van der Waals surface area (Å²) in [6.07, 6.45) is 0. The Morgan fingerprint density at radius 1 is 1.06 bits per heavy atom. The molecule has 4 aromatic rings. The van der Waals surface area contributed by atoms with Crippen LogP contribution in [-0.4, -0.2) is 33.2 Å². The third kappa shape index (κ3) is 4.40. The van der Waals surface area contributed by atoms with E-state index in [-0.39, 0.29) is 18.5 Å². The van der Waals surface area contributed by atoms with Gasteiger partial charge in [0, 0.05) is 5.69 Å². The molecule has 33 heavy (non-hydrogen) atoms. The second-order valence-electron chi connectivity index (χ2n) is 7.33. The van der Waals surface area contributed by atoms with Crippen LogP contribution in [0.3, 0.4) is 0 Å². The van der Waals surface area contributed by atoms with Crippen molar-refractivity contribution in [3.8, 4) is 28.6 Å². The van der Waals surface area contributed by atoms with Gasteiger partial charge in [-0.25, -0.2) is 0 Å². The molecule has 0 atom stereocenters. The molecule has 166 valence electrons. The molecule has 1 aliphatic rings. The minimum Gasteiger partial charge on any atom is -0.454 e. The molecule has 0 unspecified atom stereocenters. The summed E-state index contributed by atoms with van der Waals surface area (Å²) in [4.78, 5) is 12.6. The van der Waals surface area contributed by atoms with Crippen LogP contribution in [0.1, 0.15) is 5.56 Å². The third-order valence-electron chi connectivity index (χ3n) is 5.04. The zero-order chi connectivity index (χ0) is 22.8. The lowest BCUT2D eigenvalue weighted by molar-refractivity contribution is -0.113. The number of halogens is 1. The first-order chi connectivity index (χ1) is 16.1. The van der Waals surface area contributed by atoms with Gasteiger partial charge in [0.05, 0.1) is 22.0 Å². The molecule has 0 radical (unpaired) electrons. The van der Waals surface area contributed by atoms with Crippen LogP contribution in [0.15, 0.2) is 71.9 Å². The van der Waals surface area contributed by atoms with E-state index in [9.17, 15) is 4.79 Å². The average molecular weight is 479 g/mol. The van der Waals surface area contributed by atoms with Crippen LogP contribution in [-0.2, 0) is 4.79 Å². The van der Waals surface area contributed by atoms with Gasteiger partial charge in [-0.2, -0.15) is 0 Å². The maximum Gasteiger partial charge on any atom is 0.234 e. The fourth-order valence-corrected chi connectivity index (χ4v) is 4.38. The summed E-state index contributed by atoms with van der Waals surface area (Å²) in [5.74, 6) is 1.85. The summed E-state index contributed by atoms with van der Waals surface area (Å²) in [5.41, 5.74) is 3.36. The zero-order valence-electron chi connectivity index (χ0n) is 17.6. The summed E-state index contributed by atoms with van der Waals surface area (Å²) in [5, 5.41) is 12.7. The predicted molar refractivity (Wildman–Crippen MR) is 128 cm³/mol. The predicted octanol–water partition coefficient (Wildman–Crippen LogP) is 5.36. The van der Waals surface area contributed by atoms with Crippen LogP contribution in [0, 0.1) is 6.92 Å². The van der Waals surface area contributed by atoms with E-state index in [4.69, 9.17) is 21.1 Å². The first-order valence-corrected chi connectivity index (χ1v) is 11.5. The van der Waals surface area contributed by atoms with E-state index in [1.54, 1.807) is 12.1 Å². The fourth-order valence-electron chi connectivity index (χ4n) is 3.45. The Hall–Kier alpha value is -3.49. The molecule has 7 nitrogen and oxygen atoms in total. The van der Waals surface area contributed by atoms with Gasteiger partial charge in [0.2, 0.25) is 12.7 Å². The highest BCUT2D eigenvalue weighted by Crippen LogP contribution is 2.42. The van der Waals surface area contributed by atoms with Crippen LogP contribution < -0.4 is 14.8 Å². The van der Waals surface area contributed by atoms with Crippen molar-refractivity contribution in [1.29, 1.82) is 0 Å². The van der Waals surface area contributed by atoms with Crippen molar-refractivity contribution in [3.63, 3.8) is 0 Å². The molecule has 2 heterocycles. The summed E-state index contributed by atoms with van der Waals surface area (Å²) >= 11 is 7.44. The second kappa shape index (κ2) is 9.17. The highest BCUT2D eigenvalue weighted by atomic mass is 35.5. The van der Waals surface area contributed by atoms with E-state index in [0.717, 1.165) is 16.8 Å². The fraction of sp³-hybridized carbons (Fsp3) is 0.125. The molecule has 1 N–H and O–H groups in total. The standard InChI is InChI=1S/C24H19ClN4O3S/c1-15-9-11-16(12-10-15)29-23(17-5-4-8-20-22(17)32-14-31-20)27-28-24(29)33-13-21(30)26-19-7-3-2-6-18(19)25/h2-12H,13-14H2,1H3,(H,26,30). The molecule has 1 aromatic heterocycles. The second-order valence-corrected chi connectivity index (χ2v) is 8.68. The lowest BCUT2D eigenvalue weighted by atomic mass is 10.1. The maximum atomic E-state index is 12.6. The number of para-hydroxylation sites is 2. The Balaban J connectivity index is 1.47. The van der Waals surface area contributed by atoms with E-state index in [0.29, 0.717) is 33.2 Å². The number of anilines is 1. The van der Waals surface area contributed by atoms with Crippen LogP contribution >= 0.6 is 23.4 Å². The number of rotatable bonds is 6. The van der Waals surface area contributed by atoms with Gasteiger partial charge in [-0.05, 0) is 43.3 Å². The molecule has 1 amide bonds. The quantitative estimate of drug-likeness (QED) is 0.376. The Labute approximate surface area is 199 Å². The lowest BCUT2D eigenvalue weighted by Crippen LogP contribution is -2.14. The Morgan fingerprint density at radius 3 is 2.70 bits per heavy atom.